The lowest BCUT2D eigenvalue weighted by molar-refractivity contribution is -0.173. The summed E-state index contributed by atoms with van der Waals surface area (Å²) in [7, 11) is 1.47. The number of terminal acetylenes is 1. The van der Waals surface area contributed by atoms with Crippen molar-refractivity contribution in [3.05, 3.63) is 59.7 Å². The Kier molecular flexibility index (Phi) is 10.9. The normalized spacial score (nSPS) is 12.1. The van der Waals surface area contributed by atoms with Gasteiger partial charge in [-0.25, -0.2) is 0 Å². The highest BCUT2D eigenvalue weighted by Crippen LogP contribution is 2.46. The molecule has 2 aromatic carbocycles. The van der Waals surface area contributed by atoms with Gasteiger partial charge in [0.05, 0.1) is 7.11 Å². The number of halogens is 3. The van der Waals surface area contributed by atoms with Crippen LogP contribution in [-0.2, 0) is 5.41 Å². The minimum absolute atomic E-state index is 0.0639. The van der Waals surface area contributed by atoms with E-state index in [0.717, 1.165) is 6.92 Å². The molecule has 0 saturated heterocycles. The number of ether oxygens (including phenoxy) is 2. The lowest BCUT2D eigenvalue weighted by Crippen LogP contribution is -2.40. The molecule has 28 heavy (non-hydrogen) atoms. The van der Waals surface area contributed by atoms with Crippen LogP contribution in [0.3, 0.4) is 0 Å². The van der Waals surface area contributed by atoms with E-state index in [1.165, 1.54) is 55.6 Å². The first-order valence-corrected chi connectivity index (χ1v) is 9.21. The van der Waals surface area contributed by atoms with E-state index < -0.39 is 11.6 Å². The van der Waals surface area contributed by atoms with Gasteiger partial charge in [-0.2, -0.15) is 13.2 Å². The predicted molar refractivity (Wildman–Crippen MR) is 109 cm³/mol. The van der Waals surface area contributed by atoms with Gasteiger partial charge in [-0.3, -0.25) is 0 Å². The van der Waals surface area contributed by atoms with Crippen molar-refractivity contribution in [2.45, 2.75) is 46.2 Å². The van der Waals surface area contributed by atoms with E-state index in [-0.39, 0.29) is 17.7 Å². The van der Waals surface area contributed by atoms with Crippen molar-refractivity contribution in [2.75, 3.05) is 13.7 Å². The molecule has 0 aliphatic rings. The zero-order valence-corrected chi connectivity index (χ0v) is 17.4. The molecule has 0 heterocycles. The third kappa shape index (κ3) is 5.95. The fourth-order valence-corrected chi connectivity index (χ4v) is 2.43. The second-order valence-electron chi connectivity index (χ2n) is 5.37. The van der Waals surface area contributed by atoms with Gasteiger partial charge in [0.2, 0.25) is 0 Å². The lowest BCUT2D eigenvalue weighted by atomic mass is 9.75. The summed E-state index contributed by atoms with van der Waals surface area (Å²) in [5, 5.41) is 0. The summed E-state index contributed by atoms with van der Waals surface area (Å²) in [5.74, 6) is 3.24. The molecular formula is C23H29F3O2. The minimum Gasteiger partial charge on any atom is -0.497 e. The van der Waals surface area contributed by atoms with Crippen LogP contribution in [0.15, 0.2) is 48.5 Å². The van der Waals surface area contributed by atoms with Gasteiger partial charge in [0.1, 0.15) is 23.5 Å². The maximum Gasteiger partial charge on any atom is 0.402 e. The van der Waals surface area contributed by atoms with Gasteiger partial charge in [-0.1, -0.05) is 57.9 Å². The standard InChI is InChI=1S/C19H17F3O2.2C2H6/c1-4-13-24-17-11-7-15(8-12-17)18(2,19(20,21)22)14-5-9-16(23-3)10-6-14;2*1-2/h1,5-12H,13H2,2-3H3;2*1-2H3. The Morgan fingerprint density at radius 3 is 1.54 bits per heavy atom. The molecule has 0 radical (unpaired) electrons. The van der Waals surface area contributed by atoms with Crippen molar-refractivity contribution in [2.24, 2.45) is 0 Å². The van der Waals surface area contributed by atoms with Crippen LogP contribution in [0, 0.1) is 12.3 Å². The van der Waals surface area contributed by atoms with Crippen LogP contribution in [0.5, 0.6) is 11.5 Å². The van der Waals surface area contributed by atoms with Crippen LogP contribution >= 0.6 is 0 Å². The quantitative estimate of drug-likeness (QED) is 0.530. The first-order chi connectivity index (χ1) is 13.3. The third-order valence-electron chi connectivity index (χ3n) is 3.99. The summed E-state index contributed by atoms with van der Waals surface area (Å²) in [6.45, 7) is 9.22. The Bertz CT molecular complexity index is 713. The van der Waals surface area contributed by atoms with E-state index in [4.69, 9.17) is 15.9 Å². The van der Waals surface area contributed by atoms with Crippen LogP contribution in [0.1, 0.15) is 45.7 Å². The first-order valence-electron chi connectivity index (χ1n) is 9.21. The van der Waals surface area contributed by atoms with E-state index in [2.05, 4.69) is 5.92 Å². The average Bonchev–Trinajstić information content (AvgIpc) is 2.74. The van der Waals surface area contributed by atoms with Crippen molar-refractivity contribution in [1.82, 2.24) is 0 Å². The number of benzene rings is 2. The van der Waals surface area contributed by atoms with Crippen molar-refractivity contribution >= 4 is 0 Å². The maximum absolute atomic E-state index is 13.9. The van der Waals surface area contributed by atoms with E-state index >= 15 is 0 Å². The molecule has 2 rings (SSSR count). The zero-order valence-electron chi connectivity index (χ0n) is 17.4. The van der Waals surface area contributed by atoms with Crippen LogP contribution < -0.4 is 9.47 Å². The summed E-state index contributed by atoms with van der Waals surface area (Å²) < 4.78 is 51.8. The molecule has 0 fully saturated rings. The molecule has 0 amide bonds. The number of alkyl halides is 3. The topological polar surface area (TPSA) is 18.5 Å². The fraction of sp³-hybridized carbons (Fsp3) is 0.391. The van der Waals surface area contributed by atoms with Gasteiger partial charge in [0, 0.05) is 0 Å². The second kappa shape index (κ2) is 12.0. The fourth-order valence-electron chi connectivity index (χ4n) is 2.43. The third-order valence-corrected chi connectivity index (χ3v) is 3.99. The Hall–Kier alpha value is -2.61. The molecule has 2 nitrogen and oxygen atoms in total. The van der Waals surface area contributed by atoms with Crippen molar-refractivity contribution in [3.8, 4) is 23.8 Å². The van der Waals surface area contributed by atoms with Crippen molar-refractivity contribution in [1.29, 1.82) is 0 Å². The average molecular weight is 394 g/mol. The van der Waals surface area contributed by atoms with Gasteiger partial charge >= 0.3 is 6.18 Å². The van der Waals surface area contributed by atoms with E-state index in [9.17, 15) is 13.2 Å². The highest BCUT2D eigenvalue weighted by atomic mass is 19.4. The number of methoxy groups -OCH3 is 1. The van der Waals surface area contributed by atoms with Crippen LogP contribution in [0.2, 0.25) is 0 Å². The summed E-state index contributed by atoms with van der Waals surface area (Å²) in [6, 6.07) is 11.7. The first kappa shape index (κ1) is 25.4. The van der Waals surface area contributed by atoms with E-state index in [1.807, 2.05) is 27.7 Å². The molecule has 0 spiro atoms. The molecular weight excluding hydrogens is 365 g/mol. The Morgan fingerprint density at radius 1 is 0.821 bits per heavy atom. The Balaban J connectivity index is 0.00000171. The maximum atomic E-state index is 13.9. The number of rotatable bonds is 5. The Morgan fingerprint density at radius 2 is 1.21 bits per heavy atom. The summed E-state index contributed by atoms with van der Waals surface area (Å²) in [6.07, 6.45) is 0.629. The highest BCUT2D eigenvalue weighted by Gasteiger charge is 2.53. The van der Waals surface area contributed by atoms with Crippen LogP contribution in [-0.4, -0.2) is 19.9 Å². The summed E-state index contributed by atoms with van der Waals surface area (Å²) in [4.78, 5) is 0. The van der Waals surface area contributed by atoms with Gasteiger partial charge in [0.25, 0.3) is 0 Å². The molecule has 2 aromatic rings. The molecule has 5 heteroatoms. The van der Waals surface area contributed by atoms with Crippen molar-refractivity contribution < 1.29 is 22.6 Å². The predicted octanol–water partition coefficient (Wildman–Crippen LogP) is 6.63. The van der Waals surface area contributed by atoms with Crippen LogP contribution in [0.25, 0.3) is 0 Å². The van der Waals surface area contributed by atoms with Gasteiger partial charge in [-0.15, -0.1) is 6.42 Å². The molecule has 0 aliphatic carbocycles. The van der Waals surface area contributed by atoms with Crippen molar-refractivity contribution in [3.63, 3.8) is 0 Å². The summed E-state index contributed by atoms with van der Waals surface area (Å²) in [5.41, 5.74) is -1.90. The molecule has 154 valence electrons. The molecule has 1 atom stereocenters. The molecule has 0 N–H and O–H groups in total. The van der Waals surface area contributed by atoms with E-state index in [1.54, 1.807) is 0 Å². The molecule has 0 saturated carbocycles. The zero-order chi connectivity index (χ0) is 21.8. The molecule has 0 bridgehead atoms. The Labute approximate surface area is 166 Å². The molecule has 0 aromatic heterocycles. The second-order valence-corrected chi connectivity index (χ2v) is 5.37. The van der Waals surface area contributed by atoms with Gasteiger partial charge in [0.15, 0.2) is 0 Å². The highest BCUT2D eigenvalue weighted by molar-refractivity contribution is 5.44. The van der Waals surface area contributed by atoms with Gasteiger partial charge < -0.3 is 9.47 Å². The monoisotopic (exact) mass is 394 g/mol. The van der Waals surface area contributed by atoms with Crippen LogP contribution in [0.4, 0.5) is 13.2 Å². The number of hydrogen-bond donors (Lipinski definition) is 0. The largest absolute Gasteiger partial charge is 0.497 e. The minimum atomic E-state index is -4.47. The molecule has 1 unspecified atom stereocenters. The smallest absolute Gasteiger partial charge is 0.402 e. The van der Waals surface area contributed by atoms with E-state index in [0.29, 0.717) is 11.5 Å². The lowest BCUT2D eigenvalue weighted by Gasteiger charge is -2.33. The summed E-state index contributed by atoms with van der Waals surface area (Å²) >= 11 is 0. The molecule has 0 aliphatic heterocycles. The SMILES string of the molecule is C#CCOc1ccc(C(C)(c2ccc(OC)cc2)C(F)(F)F)cc1.CC.CC. The van der Waals surface area contributed by atoms with Gasteiger partial charge in [-0.05, 0) is 42.3 Å². The number of hydrogen-bond acceptors (Lipinski definition) is 2.